The van der Waals surface area contributed by atoms with Crippen LogP contribution in [0.25, 0.3) is 0 Å². The molecule has 0 aliphatic carbocycles. The third-order valence-corrected chi connectivity index (χ3v) is 2.37. The Bertz CT molecular complexity index is 281. The minimum atomic E-state index is -0.0643. The van der Waals surface area contributed by atoms with Crippen LogP contribution in [0.15, 0.2) is 4.99 Å². The molecule has 1 aliphatic heterocycles. The van der Waals surface area contributed by atoms with Crippen LogP contribution >= 0.6 is 0 Å². The van der Waals surface area contributed by atoms with E-state index in [-0.39, 0.29) is 18.2 Å². The van der Waals surface area contributed by atoms with Crippen molar-refractivity contribution in [3.05, 3.63) is 0 Å². The number of hydrogen-bond acceptors (Lipinski definition) is 4. The van der Waals surface area contributed by atoms with Crippen LogP contribution in [0.5, 0.6) is 0 Å². The number of amides is 2. The van der Waals surface area contributed by atoms with Gasteiger partial charge in [-0.2, -0.15) is 0 Å². The van der Waals surface area contributed by atoms with Crippen LogP contribution in [0.2, 0.25) is 0 Å². The Hall–Kier alpha value is -1.48. The molecule has 0 aromatic carbocycles. The summed E-state index contributed by atoms with van der Waals surface area (Å²) in [5, 5.41) is 0. The second-order valence-corrected chi connectivity index (χ2v) is 3.50. The smallest absolute Gasteiger partial charge is 0.238 e. The number of aliphatic imine (C=N–C) groups is 1. The zero-order chi connectivity index (χ0) is 11.1. The van der Waals surface area contributed by atoms with Crippen LogP contribution in [-0.4, -0.2) is 35.9 Å². The Morgan fingerprint density at radius 2 is 1.80 bits per heavy atom. The van der Waals surface area contributed by atoms with E-state index in [0.29, 0.717) is 13.1 Å². The summed E-state index contributed by atoms with van der Waals surface area (Å²) in [7, 11) is 0. The van der Waals surface area contributed by atoms with Gasteiger partial charge >= 0.3 is 0 Å². The lowest BCUT2D eigenvalue weighted by molar-refractivity contribution is -0.157. The van der Waals surface area contributed by atoms with Crippen LogP contribution in [-0.2, 0) is 14.4 Å². The molecule has 0 atom stereocenters. The molecule has 5 heteroatoms. The molecular formula is C10H14N2O3. The summed E-state index contributed by atoms with van der Waals surface area (Å²) in [6, 6.07) is 0. The fourth-order valence-electron chi connectivity index (χ4n) is 1.48. The molecule has 82 valence electrons. The molecule has 1 rings (SSSR count). The highest BCUT2D eigenvalue weighted by molar-refractivity contribution is 6.14. The summed E-state index contributed by atoms with van der Waals surface area (Å²) in [4.78, 5) is 36.2. The molecule has 0 aromatic heterocycles. The predicted octanol–water partition coefficient (Wildman–Crippen LogP) is 0.642. The number of likely N-dealkylation sites (tertiary alicyclic amines) is 1. The average Bonchev–Trinajstić information content (AvgIpc) is 2.22. The molecular weight excluding hydrogens is 196 g/mol. The Balaban J connectivity index is 1.95. The largest absolute Gasteiger partial charge is 0.282 e. The lowest BCUT2D eigenvalue weighted by Gasteiger charge is -2.28. The predicted molar refractivity (Wildman–Crippen MR) is 52.8 cm³/mol. The third kappa shape index (κ3) is 3.64. The maximum atomic E-state index is 10.9. The second kappa shape index (κ2) is 6.09. The summed E-state index contributed by atoms with van der Waals surface area (Å²) in [6.45, 7) is 1.06. The monoisotopic (exact) mass is 210 g/mol. The second-order valence-electron chi connectivity index (χ2n) is 3.50. The van der Waals surface area contributed by atoms with E-state index in [0.717, 1.165) is 25.7 Å². The molecule has 0 aromatic rings. The topological polar surface area (TPSA) is 66.8 Å². The van der Waals surface area contributed by atoms with E-state index in [1.54, 1.807) is 0 Å². The average molecular weight is 210 g/mol. The van der Waals surface area contributed by atoms with Crippen molar-refractivity contribution in [2.45, 2.75) is 32.1 Å². The van der Waals surface area contributed by atoms with Gasteiger partial charge in [0.25, 0.3) is 0 Å². The number of unbranched alkanes of at least 4 members (excludes halogenated alkanes) is 3. The number of isocyanates is 1. The van der Waals surface area contributed by atoms with Gasteiger partial charge < -0.3 is 0 Å². The minimum Gasteiger partial charge on any atom is -0.282 e. The van der Waals surface area contributed by atoms with Crippen molar-refractivity contribution < 1.29 is 14.4 Å². The van der Waals surface area contributed by atoms with Gasteiger partial charge in [-0.15, -0.1) is 0 Å². The number of carbonyl (C=O) groups is 2. The number of imide groups is 1. The highest BCUT2D eigenvalue weighted by atomic mass is 16.2. The van der Waals surface area contributed by atoms with Crippen molar-refractivity contribution >= 4 is 17.9 Å². The van der Waals surface area contributed by atoms with Gasteiger partial charge in [0.1, 0.15) is 6.42 Å². The Morgan fingerprint density at radius 1 is 1.13 bits per heavy atom. The molecule has 1 saturated heterocycles. The van der Waals surface area contributed by atoms with E-state index < -0.39 is 0 Å². The zero-order valence-electron chi connectivity index (χ0n) is 8.57. The third-order valence-electron chi connectivity index (χ3n) is 2.37. The van der Waals surface area contributed by atoms with Crippen molar-refractivity contribution in [1.29, 1.82) is 0 Å². The molecule has 0 spiro atoms. The molecule has 1 aliphatic rings. The molecule has 5 nitrogen and oxygen atoms in total. The Labute approximate surface area is 88.2 Å². The quantitative estimate of drug-likeness (QED) is 0.203. The first-order valence-corrected chi connectivity index (χ1v) is 5.12. The fraction of sp³-hybridized carbons (Fsp3) is 0.700. The summed E-state index contributed by atoms with van der Waals surface area (Å²) < 4.78 is 0. The van der Waals surface area contributed by atoms with Gasteiger partial charge in [0.2, 0.25) is 17.9 Å². The molecule has 0 unspecified atom stereocenters. The molecule has 0 N–H and O–H groups in total. The normalized spacial score (nSPS) is 14.8. The van der Waals surface area contributed by atoms with Crippen LogP contribution in [0.3, 0.4) is 0 Å². The lowest BCUT2D eigenvalue weighted by Crippen LogP contribution is -2.49. The van der Waals surface area contributed by atoms with Gasteiger partial charge in [-0.05, 0) is 12.8 Å². The van der Waals surface area contributed by atoms with Gasteiger partial charge in [0.05, 0.1) is 6.54 Å². The Kier molecular flexibility index (Phi) is 4.71. The van der Waals surface area contributed by atoms with Crippen LogP contribution in [0.4, 0.5) is 0 Å². The Morgan fingerprint density at radius 3 is 2.40 bits per heavy atom. The van der Waals surface area contributed by atoms with Crippen LogP contribution in [0, 0.1) is 0 Å². The van der Waals surface area contributed by atoms with Crippen molar-refractivity contribution in [3.8, 4) is 0 Å². The van der Waals surface area contributed by atoms with Gasteiger partial charge in [0.15, 0.2) is 0 Å². The fourth-order valence-corrected chi connectivity index (χ4v) is 1.48. The van der Waals surface area contributed by atoms with Crippen molar-refractivity contribution in [2.75, 3.05) is 13.1 Å². The minimum absolute atomic E-state index is 0.0643. The first-order chi connectivity index (χ1) is 7.25. The van der Waals surface area contributed by atoms with E-state index in [2.05, 4.69) is 4.99 Å². The molecule has 1 fully saturated rings. The summed E-state index contributed by atoms with van der Waals surface area (Å²) >= 11 is 0. The van der Waals surface area contributed by atoms with Crippen LogP contribution < -0.4 is 0 Å². The van der Waals surface area contributed by atoms with E-state index in [1.165, 1.54) is 11.0 Å². The molecule has 0 radical (unpaired) electrons. The van der Waals surface area contributed by atoms with E-state index in [4.69, 9.17) is 0 Å². The van der Waals surface area contributed by atoms with Crippen molar-refractivity contribution in [2.24, 2.45) is 4.99 Å². The standard InChI is InChI=1S/C10H14N2O3/c13-8-11-5-3-1-2-4-6-12-9(14)7-10(12)15/h1-7H2. The summed E-state index contributed by atoms with van der Waals surface area (Å²) in [5.74, 6) is -0.129. The van der Waals surface area contributed by atoms with Gasteiger partial charge in [-0.25, -0.2) is 9.79 Å². The number of nitrogens with zero attached hydrogens (tertiary/aromatic N) is 2. The van der Waals surface area contributed by atoms with Gasteiger partial charge in [-0.3, -0.25) is 14.5 Å². The lowest BCUT2D eigenvalue weighted by atomic mass is 10.1. The number of β-lactam (4-membered cyclic amide) rings is 2. The van der Waals surface area contributed by atoms with E-state index in [9.17, 15) is 14.4 Å². The molecule has 15 heavy (non-hydrogen) atoms. The summed E-state index contributed by atoms with van der Waals surface area (Å²) in [6.07, 6.45) is 5.17. The molecule has 2 amide bonds. The molecule has 0 saturated carbocycles. The van der Waals surface area contributed by atoms with Gasteiger partial charge in [-0.1, -0.05) is 12.8 Å². The van der Waals surface area contributed by atoms with Gasteiger partial charge in [0, 0.05) is 6.54 Å². The number of carbonyl (C=O) groups excluding carboxylic acids is 3. The first-order valence-electron chi connectivity index (χ1n) is 5.12. The number of rotatable bonds is 7. The van der Waals surface area contributed by atoms with E-state index in [1.807, 2.05) is 0 Å². The van der Waals surface area contributed by atoms with Crippen molar-refractivity contribution in [1.82, 2.24) is 4.90 Å². The maximum Gasteiger partial charge on any atom is 0.238 e. The maximum absolute atomic E-state index is 10.9. The van der Waals surface area contributed by atoms with Crippen LogP contribution in [0.1, 0.15) is 32.1 Å². The molecule has 0 bridgehead atoms. The SMILES string of the molecule is O=C=NCCCCCCN1C(=O)CC1=O. The first kappa shape index (κ1) is 11.6. The number of hydrogen-bond donors (Lipinski definition) is 0. The van der Waals surface area contributed by atoms with Crippen molar-refractivity contribution in [3.63, 3.8) is 0 Å². The highest BCUT2D eigenvalue weighted by Crippen LogP contribution is 2.12. The zero-order valence-corrected chi connectivity index (χ0v) is 8.57. The van der Waals surface area contributed by atoms with E-state index >= 15 is 0 Å². The molecule has 1 heterocycles. The summed E-state index contributed by atoms with van der Waals surface area (Å²) in [5.41, 5.74) is 0. The highest BCUT2D eigenvalue weighted by Gasteiger charge is 2.32.